The molecule has 1 aromatic heterocycles. The molecule has 0 radical (unpaired) electrons. The number of likely N-dealkylation sites (tertiary alicyclic amines) is 2. The summed E-state index contributed by atoms with van der Waals surface area (Å²) in [6, 6.07) is 0. The molecule has 8 nitrogen and oxygen atoms in total. The summed E-state index contributed by atoms with van der Waals surface area (Å²) in [4.78, 5) is 44.5. The molecule has 2 saturated heterocycles. The van der Waals surface area contributed by atoms with Gasteiger partial charge in [-0.15, -0.1) is 11.3 Å². The molecule has 0 saturated carbocycles. The monoisotopic (exact) mass is 395 g/mol. The summed E-state index contributed by atoms with van der Waals surface area (Å²) in [5.74, 6) is -1.69. The van der Waals surface area contributed by atoms with E-state index in [0.29, 0.717) is 37.4 Å². The van der Waals surface area contributed by atoms with Gasteiger partial charge < -0.3 is 19.6 Å². The molecular formula is C18H25N3O5S. The number of aliphatic carboxylic acids is 1. The van der Waals surface area contributed by atoms with Crippen LogP contribution < -0.4 is 0 Å². The molecule has 1 N–H and O–H groups in total. The second-order valence-corrected chi connectivity index (χ2v) is 9.16. The number of nitrogens with zero attached hydrogens (tertiary/aromatic N) is 3. The predicted octanol–water partition coefficient (Wildman–Crippen LogP) is 2.32. The van der Waals surface area contributed by atoms with Crippen LogP contribution in [0.1, 0.15) is 43.3 Å². The molecule has 0 aliphatic carbocycles. The van der Waals surface area contributed by atoms with Crippen molar-refractivity contribution in [2.24, 2.45) is 11.3 Å². The van der Waals surface area contributed by atoms with Crippen molar-refractivity contribution in [3.63, 3.8) is 0 Å². The summed E-state index contributed by atoms with van der Waals surface area (Å²) in [5, 5.41) is 9.74. The van der Waals surface area contributed by atoms with Gasteiger partial charge >= 0.3 is 12.1 Å². The minimum atomic E-state index is -0.889. The van der Waals surface area contributed by atoms with E-state index in [1.807, 2.05) is 20.8 Å². The summed E-state index contributed by atoms with van der Waals surface area (Å²) in [5.41, 5.74) is 0.513. The molecule has 3 rings (SSSR count). The molecule has 2 amide bonds. The van der Waals surface area contributed by atoms with Gasteiger partial charge in [0.05, 0.1) is 17.6 Å². The number of carboxylic acids is 1. The average molecular weight is 395 g/mol. The lowest BCUT2D eigenvalue weighted by Gasteiger charge is -2.41. The highest BCUT2D eigenvalue weighted by molar-refractivity contribution is 7.11. The summed E-state index contributed by atoms with van der Waals surface area (Å²) in [6.45, 7) is 6.90. The molecule has 3 heterocycles. The lowest BCUT2D eigenvalue weighted by Crippen LogP contribution is -2.49. The fourth-order valence-electron chi connectivity index (χ4n) is 3.91. The Balaban J connectivity index is 1.70. The fraction of sp³-hybridized carbons (Fsp3) is 0.667. The lowest BCUT2D eigenvalue weighted by atomic mass is 9.71. The average Bonchev–Trinajstić information content (AvgIpc) is 3.21. The topological polar surface area (TPSA) is 100 Å². The molecule has 2 fully saturated rings. The van der Waals surface area contributed by atoms with Gasteiger partial charge in [0.1, 0.15) is 10.5 Å². The van der Waals surface area contributed by atoms with Crippen LogP contribution in [0.25, 0.3) is 0 Å². The van der Waals surface area contributed by atoms with Crippen LogP contribution in [0, 0.1) is 11.3 Å². The van der Waals surface area contributed by atoms with Crippen LogP contribution in [0.15, 0.2) is 11.7 Å². The van der Waals surface area contributed by atoms with Crippen molar-refractivity contribution in [3.05, 3.63) is 16.6 Å². The quantitative estimate of drug-likeness (QED) is 0.825. The fourth-order valence-corrected chi connectivity index (χ4v) is 4.50. The molecule has 148 valence electrons. The summed E-state index contributed by atoms with van der Waals surface area (Å²) in [6.07, 6.45) is 2.21. The molecule has 1 unspecified atom stereocenters. The second kappa shape index (κ2) is 7.10. The first-order valence-corrected chi connectivity index (χ1v) is 9.88. The first-order valence-electron chi connectivity index (χ1n) is 9.00. The summed E-state index contributed by atoms with van der Waals surface area (Å²) < 4.78 is 5.41. The van der Waals surface area contributed by atoms with Crippen molar-refractivity contribution in [2.75, 3.05) is 26.2 Å². The molecule has 27 heavy (non-hydrogen) atoms. The van der Waals surface area contributed by atoms with Crippen LogP contribution in [-0.4, -0.2) is 69.6 Å². The number of carbonyl (C=O) groups excluding carboxylic acids is 2. The molecule has 0 aromatic carbocycles. The van der Waals surface area contributed by atoms with Crippen LogP contribution in [0.2, 0.25) is 0 Å². The Morgan fingerprint density at radius 2 is 1.93 bits per heavy atom. The number of hydrogen-bond acceptors (Lipinski definition) is 6. The van der Waals surface area contributed by atoms with Crippen molar-refractivity contribution < 1.29 is 24.2 Å². The number of aromatic nitrogens is 1. The maximum Gasteiger partial charge on any atom is 0.410 e. The van der Waals surface area contributed by atoms with E-state index in [-0.39, 0.29) is 18.5 Å². The molecule has 1 spiro atoms. The third kappa shape index (κ3) is 4.07. The maximum absolute atomic E-state index is 12.7. The smallest absolute Gasteiger partial charge is 0.410 e. The van der Waals surface area contributed by atoms with E-state index in [9.17, 15) is 19.5 Å². The highest BCUT2D eigenvalue weighted by atomic mass is 32.1. The number of carboxylic acid groups (broad SMARTS) is 1. The molecule has 2 aliphatic heterocycles. The normalized spacial score (nSPS) is 22.1. The Labute approximate surface area is 162 Å². The molecule has 2 aliphatic rings. The zero-order chi connectivity index (χ0) is 19.8. The van der Waals surface area contributed by atoms with E-state index in [4.69, 9.17) is 4.74 Å². The second-order valence-electron chi connectivity index (χ2n) is 8.27. The number of piperidine rings is 1. The van der Waals surface area contributed by atoms with Crippen molar-refractivity contribution >= 4 is 29.3 Å². The Hall–Kier alpha value is -2.16. The highest BCUT2D eigenvalue weighted by Gasteiger charge is 2.53. The van der Waals surface area contributed by atoms with Crippen molar-refractivity contribution in [1.82, 2.24) is 14.8 Å². The summed E-state index contributed by atoms with van der Waals surface area (Å²) >= 11 is 1.25. The molecule has 9 heteroatoms. The van der Waals surface area contributed by atoms with Crippen LogP contribution >= 0.6 is 11.3 Å². The van der Waals surface area contributed by atoms with Gasteiger partial charge in [-0.2, -0.15) is 0 Å². The van der Waals surface area contributed by atoms with Crippen molar-refractivity contribution in [1.29, 1.82) is 0 Å². The first kappa shape index (κ1) is 19.6. The standard InChI is InChI=1S/C18H25N3O5S/c1-17(2,3)26-16(25)20-6-4-18(5-7-20)10-21(9-12(18)15(23)24)14(22)13-8-19-11-27-13/h8,11-12H,4-7,9-10H2,1-3H3,(H,23,24). The number of amides is 2. The predicted molar refractivity (Wildman–Crippen MR) is 98.6 cm³/mol. The van der Waals surface area contributed by atoms with Gasteiger partial charge in [-0.05, 0) is 33.6 Å². The molecular weight excluding hydrogens is 370 g/mol. The molecule has 1 aromatic rings. The Kier molecular flexibility index (Phi) is 5.16. The zero-order valence-electron chi connectivity index (χ0n) is 15.8. The minimum absolute atomic E-state index is 0.171. The lowest BCUT2D eigenvalue weighted by molar-refractivity contribution is -0.145. The van der Waals surface area contributed by atoms with E-state index >= 15 is 0 Å². The van der Waals surface area contributed by atoms with Crippen LogP contribution in [-0.2, 0) is 9.53 Å². The van der Waals surface area contributed by atoms with Crippen LogP contribution in [0.4, 0.5) is 4.79 Å². The van der Waals surface area contributed by atoms with Gasteiger partial charge in [-0.25, -0.2) is 4.79 Å². The van der Waals surface area contributed by atoms with Gasteiger partial charge in [0, 0.05) is 31.6 Å². The van der Waals surface area contributed by atoms with E-state index in [1.165, 1.54) is 17.5 Å². The van der Waals surface area contributed by atoms with Crippen LogP contribution in [0.5, 0.6) is 0 Å². The van der Waals surface area contributed by atoms with Gasteiger partial charge in [0.25, 0.3) is 5.91 Å². The van der Waals surface area contributed by atoms with Crippen molar-refractivity contribution in [2.45, 2.75) is 39.2 Å². The van der Waals surface area contributed by atoms with Gasteiger partial charge in [0.2, 0.25) is 0 Å². The SMILES string of the molecule is CC(C)(C)OC(=O)N1CCC2(CC1)CN(C(=O)c1cncs1)CC2C(=O)O. The highest BCUT2D eigenvalue weighted by Crippen LogP contribution is 2.45. The van der Waals surface area contributed by atoms with E-state index in [0.717, 1.165) is 0 Å². The van der Waals surface area contributed by atoms with Gasteiger partial charge in [0.15, 0.2) is 0 Å². The van der Waals surface area contributed by atoms with E-state index in [1.54, 1.807) is 15.3 Å². The first-order chi connectivity index (χ1) is 12.6. The number of ether oxygens (including phenoxy) is 1. The Morgan fingerprint density at radius 1 is 1.26 bits per heavy atom. The van der Waals surface area contributed by atoms with Gasteiger partial charge in [-0.1, -0.05) is 0 Å². The number of hydrogen-bond donors (Lipinski definition) is 1. The Bertz CT molecular complexity index is 720. The summed E-state index contributed by atoms with van der Waals surface area (Å²) in [7, 11) is 0. The van der Waals surface area contributed by atoms with E-state index < -0.39 is 22.9 Å². The van der Waals surface area contributed by atoms with Crippen LogP contribution in [0.3, 0.4) is 0 Å². The zero-order valence-corrected chi connectivity index (χ0v) is 16.6. The minimum Gasteiger partial charge on any atom is -0.481 e. The van der Waals surface area contributed by atoms with E-state index in [2.05, 4.69) is 4.98 Å². The van der Waals surface area contributed by atoms with Crippen molar-refractivity contribution in [3.8, 4) is 0 Å². The third-order valence-electron chi connectivity index (χ3n) is 5.29. The molecule has 1 atom stereocenters. The molecule has 0 bridgehead atoms. The Morgan fingerprint density at radius 3 is 2.44 bits per heavy atom. The van der Waals surface area contributed by atoms with Gasteiger partial charge in [-0.3, -0.25) is 14.6 Å². The largest absolute Gasteiger partial charge is 0.481 e. The third-order valence-corrected chi connectivity index (χ3v) is 6.05. The number of thiazole rings is 1. The maximum atomic E-state index is 12.7. The number of carbonyl (C=O) groups is 3. The number of rotatable bonds is 2.